The van der Waals surface area contributed by atoms with E-state index in [0.29, 0.717) is 27.8 Å². The number of benzene rings is 1. The second-order valence-corrected chi connectivity index (χ2v) is 6.62. The Morgan fingerprint density at radius 2 is 2.17 bits per heavy atom. The van der Waals surface area contributed by atoms with E-state index >= 15 is 0 Å². The lowest BCUT2D eigenvalue weighted by Crippen LogP contribution is -2.39. The van der Waals surface area contributed by atoms with Crippen LogP contribution in [0, 0.1) is 0 Å². The first-order chi connectivity index (χ1) is 8.26. The van der Waals surface area contributed by atoms with E-state index < -0.39 is 19.6 Å². The summed E-state index contributed by atoms with van der Waals surface area (Å²) in [6.07, 6.45) is -0.0656. The highest BCUT2D eigenvalue weighted by atomic mass is 79.9. The number of hydrogen-bond donors (Lipinski definition) is 3. The monoisotopic (exact) mass is 335 g/mol. The van der Waals surface area contributed by atoms with Gasteiger partial charge in [-0.1, -0.05) is 6.07 Å². The molecular weight excluding hydrogens is 325 g/mol. The molecule has 98 valence electrons. The van der Waals surface area contributed by atoms with Crippen LogP contribution in [0.25, 0.3) is 0 Å². The van der Waals surface area contributed by atoms with Crippen molar-refractivity contribution in [3.63, 3.8) is 0 Å². The van der Waals surface area contributed by atoms with Crippen LogP contribution in [-0.4, -0.2) is 21.8 Å². The minimum absolute atomic E-state index is 0.293. The predicted octanol–water partition coefficient (Wildman–Crippen LogP) is 0.916. The Kier molecular flexibility index (Phi) is 3.62. The van der Waals surface area contributed by atoms with Crippen LogP contribution in [0.15, 0.2) is 16.6 Å². The number of rotatable bonds is 2. The summed E-state index contributed by atoms with van der Waals surface area (Å²) in [6, 6.07) is 2.39. The summed E-state index contributed by atoms with van der Waals surface area (Å²) in [5, 5.41) is 0. The average molecular weight is 336 g/mol. The average Bonchev–Trinajstić information content (AvgIpc) is 2.18. The number of carbonyl (C=O) groups is 1. The molecule has 18 heavy (non-hydrogen) atoms. The highest BCUT2D eigenvalue weighted by Crippen LogP contribution is 2.42. The van der Waals surface area contributed by atoms with Crippen molar-refractivity contribution in [3.8, 4) is 5.75 Å². The maximum atomic E-state index is 11.3. The lowest BCUT2D eigenvalue weighted by Gasteiger charge is -2.22. The van der Waals surface area contributed by atoms with Crippen molar-refractivity contribution in [3.05, 3.63) is 27.7 Å². The largest absolute Gasteiger partial charge is 0.424 e. The topological polar surface area (TPSA) is 110 Å². The van der Waals surface area contributed by atoms with Gasteiger partial charge in [-0.05, 0) is 33.1 Å². The molecule has 1 heterocycles. The molecule has 4 N–H and O–H groups in total. The lowest BCUT2D eigenvalue weighted by molar-refractivity contribution is -0.136. The first-order valence-electron chi connectivity index (χ1n) is 5.09. The molecular formula is C10H11BrNO5P. The van der Waals surface area contributed by atoms with Crippen LogP contribution in [0.4, 0.5) is 0 Å². The molecule has 1 aliphatic heterocycles. The highest BCUT2D eigenvalue weighted by Gasteiger charge is 2.28. The van der Waals surface area contributed by atoms with E-state index in [-0.39, 0.29) is 6.16 Å². The van der Waals surface area contributed by atoms with Crippen molar-refractivity contribution in [2.24, 2.45) is 5.73 Å². The van der Waals surface area contributed by atoms with E-state index in [2.05, 4.69) is 15.9 Å². The van der Waals surface area contributed by atoms with Gasteiger partial charge in [-0.2, -0.15) is 0 Å². The van der Waals surface area contributed by atoms with Gasteiger partial charge in [0.25, 0.3) is 0 Å². The Hall–Kier alpha value is -0.720. The summed E-state index contributed by atoms with van der Waals surface area (Å²) < 4.78 is 16.5. The molecule has 0 saturated heterocycles. The molecule has 0 radical (unpaired) electrons. The van der Waals surface area contributed by atoms with Crippen molar-refractivity contribution >= 4 is 29.5 Å². The van der Waals surface area contributed by atoms with Gasteiger partial charge in [-0.3, -0.25) is 4.57 Å². The summed E-state index contributed by atoms with van der Waals surface area (Å²) in [5.74, 6) is -0.137. The van der Waals surface area contributed by atoms with Gasteiger partial charge in [0.2, 0.25) is 0 Å². The van der Waals surface area contributed by atoms with Gasteiger partial charge >= 0.3 is 13.6 Å². The van der Waals surface area contributed by atoms with Gasteiger partial charge < -0.3 is 20.3 Å². The number of hydrogen-bond acceptors (Lipinski definition) is 4. The number of carbonyl (C=O) groups excluding carboxylic acids is 1. The van der Waals surface area contributed by atoms with E-state index in [1.54, 1.807) is 6.07 Å². The van der Waals surface area contributed by atoms with Crippen LogP contribution >= 0.6 is 23.5 Å². The third-order valence-electron chi connectivity index (χ3n) is 2.51. The van der Waals surface area contributed by atoms with Crippen molar-refractivity contribution in [1.29, 1.82) is 0 Å². The van der Waals surface area contributed by atoms with Crippen LogP contribution < -0.4 is 10.5 Å². The molecule has 6 nitrogen and oxygen atoms in total. The molecule has 1 atom stereocenters. The first-order valence-corrected chi connectivity index (χ1v) is 7.68. The quantitative estimate of drug-likeness (QED) is 0.421. The minimum atomic E-state index is -4.13. The van der Waals surface area contributed by atoms with Crippen molar-refractivity contribution in [2.75, 3.05) is 0 Å². The Morgan fingerprint density at radius 3 is 2.78 bits per heavy atom. The van der Waals surface area contributed by atoms with E-state index in [1.807, 2.05) is 0 Å². The molecule has 0 amide bonds. The van der Waals surface area contributed by atoms with Crippen molar-refractivity contribution in [1.82, 2.24) is 0 Å². The molecule has 1 unspecified atom stereocenters. The molecule has 0 spiro atoms. The Labute approximate surface area is 111 Å². The van der Waals surface area contributed by atoms with Crippen LogP contribution in [0.1, 0.15) is 11.1 Å². The van der Waals surface area contributed by atoms with Gasteiger partial charge in [0.05, 0.1) is 10.6 Å². The Bertz CT molecular complexity index is 555. The molecule has 8 heteroatoms. The molecule has 0 bridgehead atoms. The number of nitrogens with two attached hydrogens (primary N) is 1. The number of fused-ring (bicyclic) bond motifs is 1. The minimum Gasteiger partial charge on any atom is -0.424 e. The molecule has 0 saturated carbocycles. The van der Waals surface area contributed by atoms with Crippen LogP contribution in [0.2, 0.25) is 0 Å². The van der Waals surface area contributed by atoms with Crippen LogP contribution in [0.5, 0.6) is 5.75 Å². The second-order valence-electron chi connectivity index (χ2n) is 4.12. The van der Waals surface area contributed by atoms with Gasteiger partial charge in [0.15, 0.2) is 0 Å². The van der Waals surface area contributed by atoms with Gasteiger partial charge in [0, 0.05) is 6.42 Å². The Balaban J connectivity index is 2.40. The standard InChI is InChI=1S/C10H11BrNO5P/c11-7-2-5(4-18(14,15)16)1-6-3-8(12)10(13)17-9(6)7/h1-2,8H,3-4,12H2,(H2,14,15,16). The lowest BCUT2D eigenvalue weighted by atomic mass is 10.0. The van der Waals surface area contributed by atoms with Gasteiger partial charge in [-0.15, -0.1) is 0 Å². The molecule has 0 aromatic heterocycles. The summed E-state index contributed by atoms with van der Waals surface area (Å²) in [7, 11) is -4.13. The number of ether oxygens (including phenoxy) is 1. The fraction of sp³-hybridized carbons (Fsp3) is 0.300. The molecule has 1 aromatic carbocycles. The van der Waals surface area contributed by atoms with E-state index in [0.717, 1.165) is 0 Å². The van der Waals surface area contributed by atoms with Crippen LogP contribution in [0.3, 0.4) is 0 Å². The zero-order valence-corrected chi connectivity index (χ0v) is 11.6. The van der Waals surface area contributed by atoms with E-state index in [1.165, 1.54) is 6.07 Å². The molecule has 2 rings (SSSR count). The van der Waals surface area contributed by atoms with Crippen molar-refractivity contribution in [2.45, 2.75) is 18.6 Å². The third kappa shape index (κ3) is 2.99. The zero-order chi connectivity index (χ0) is 13.5. The SMILES string of the molecule is NC1Cc2cc(CP(=O)(O)O)cc(Br)c2OC1=O. The summed E-state index contributed by atoms with van der Waals surface area (Å²) in [4.78, 5) is 29.2. The first kappa shape index (κ1) is 13.7. The molecule has 0 aliphatic carbocycles. The fourth-order valence-corrected chi connectivity index (χ4v) is 3.09. The smallest absolute Gasteiger partial charge is 0.329 e. The molecule has 1 aromatic rings. The Morgan fingerprint density at radius 1 is 1.50 bits per heavy atom. The maximum Gasteiger partial charge on any atom is 0.329 e. The summed E-state index contributed by atoms with van der Waals surface area (Å²) in [6.45, 7) is 0. The van der Waals surface area contributed by atoms with Gasteiger partial charge in [-0.25, -0.2) is 4.79 Å². The fourth-order valence-electron chi connectivity index (χ4n) is 1.80. The highest BCUT2D eigenvalue weighted by molar-refractivity contribution is 9.10. The molecule has 1 aliphatic rings. The number of halogens is 1. The van der Waals surface area contributed by atoms with Gasteiger partial charge in [0.1, 0.15) is 11.8 Å². The third-order valence-corrected chi connectivity index (χ3v) is 3.88. The predicted molar refractivity (Wildman–Crippen MR) is 67.2 cm³/mol. The zero-order valence-electron chi connectivity index (χ0n) is 9.17. The number of esters is 1. The second kappa shape index (κ2) is 4.75. The normalized spacial score (nSPS) is 19.3. The summed E-state index contributed by atoms with van der Waals surface area (Å²) >= 11 is 3.22. The van der Waals surface area contributed by atoms with Crippen molar-refractivity contribution < 1.29 is 23.9 Å². The van der Waals surface area contributed by atoms with Crippen LogP contribution in [-0.2, 0) is 21.9 Å². The summed E-state index contributed by atoms with van der Waals surface area (Å²) in [5.41, 5.74) is 6.72. The molecule has 0 fully saturated rings. The van der Waals surface area contributed by atoms with E-state index in [4.69, 9.17) is 20.3 Å². The van der Waals surface area contributed by atoms with E-state index in [9.17, 15) is 9.36 Å². The maximum absolute atomic E-state index is 11.3.